The van der Waals surface area contributed by atoms with Gasteiger partial charge in [0.15, 0.2) is 0 Å². The lowest BCUT2D eigenvalue weighted by atomic mass is 9.99. The van der Waals surface area contributed by atoms with Crippen LogP contribution in [0, 0.1) is 20.8 Å². The van der Waals surface area contributed by atoms with Crippen LogP contribution in [0.3, 0.4) is 0 Å². The van der Waals surface area contributed by atoms with Crippen LogP contribution in [-0.2, 0) is 0 Å². The minimum absolute atomic E-state index is 1.05. The van der Waals surface area contributed by atoms with Crippen molar-refractivity contribution < 1.29 is 0 Å². The molecule has 0 atom stereocenters. The third kappa shape index (κ3) is 1.91. The minimum Gasteiger partial charge on any atom is -0.256 e. The van der Waals surface area contributed by atoms with Gasteiger partial charge in [0, 0.05) is 11.8 Å². The first-order chi connectivity index (χ1) is 7.18. The zero-order chi connectivity index (χ0) is 10.8. The minimum atomic E-state index is 1.05. The Labute approximate surface area is 90.8 Å². The second-order valence-electron chi connectivity index (χ2n) is 3.95. The molecule has 0 saturated heterocycles. The second-order valence-corrected chi connectivity index (χ2v) is 3.95. The average molecular weight is 197 g/mol. The molecule has 15 heavy (non-hydrogen) atoms. The molecule has 1 aromatic heterocycles. The van der Waals surface area contributed by atoms with Crippen molar-refractivity contribution in [3.05, 3.63) is 53.2 Å². The van der Waals surface area contributed by atoms with E-state index in [1.165, 1.54) is 22.3 Å². The van der Waals surface area contributed by atoms with Crippen LogP contribution >= 0.6 is 0 Å². The molecule has 0 N–H and O–H groups in total. The number of nitrogens with zero attached hydrogens (tertiary/aromatic N) is 1. The SMILES string of the molecule is Cc1cc(-c2ccccn2)cc(C)c1C. The first-order valence-corrected chi connectivity index (χ1v) is 5.18. The highest BCUT2D eigenvalue weighted by Gasteiger charge is 2.03. The molecule has 1 nitrogen and oxygen atoms in total. The number of rotatable bonds is 1. The van der Waals surface area contributed by atoms with Crippen molar-refractivity contribution in [3.63, 3.8) is 0 Å². The van der Waals surface area contributed by atoms with Gasteiger partial charge < -0.3 is 0 Å². The Kier molecular flexibility index (Phi) is 2.55. The summed E-state index contributed by atoms with van der Waals surface area (Å²) in [7, 11) is 0. The van der Waals surface area contributed by atoms with Crippen molar-refractivity contribution in [3.8, 4) is 11.3 Å². The van der Waals surface area contributed by atoms with E-state index in [-0.39, 0.29) is 0 Å². The summed E-state index contributed by atoms with van der Waals surface area (Å²) in [6, 6.07) is 10.4. The van der Waals surface area contributed by atoms with Gasteiger partial charge in [-0.25, -0.2) is 0 Å². The number of hydrogen-bond acceptors (Lipinski definition) is 1. The molecule has 0 spiro atoms. The van der Waals surface area contributed by atoms with Crippen LogP contribution in [0.25, 0.3) is 11.3 Å². The van der Waals surface area contributed by atoms with Crippen molar-refractivity contribution in [2.45, 2.75) is 20.8 Å². The van der Waals surface area contributed by atoms with Crippen LogP contribution in [0.1, 0.15) is 16.7 Å². The predicted molar refractivity (Wildman–Crippen MR) is 63.9 cm³/mol. The summed E-state index contributed by atoms with van der Waals surface area (Å²) >= 11 is 0. The summed E-state index contributed by atoms with van der Waals surface area (Å²) in [4.78, 5) is 4.36. The number of benzene rings is 1. The van der Waals surface area contributed by atoms with Gasteiger partial charge in [-0.15, -0.1) is 0 Å². The first kappa shape index (κ1) is 9.91. The number of aromatic nitrogens is 1. The van der Waals surface area contributed by atoms with Gasteiger partial charge in [-0.05, 0) is 61.7 Å². The smallest absolute Gasteiger partial charge is 0.0702 e. The van der Waals surface area contributed by atoms with Crippen LogP contribution in [-0.4, -0.2) is 4.98 Å². The summed E-state index contributed by atoms with van der Waals surface area (Å²) in [5.74, 6) is 0. The zero-order valence-corrected chi connectivity index (χ0v) is 9.41. The molecule has 1 heterocycles. The van der Waals surface area contributed by atoms with E-state index in [0.717, 1.165) is 5.69 Å². The third-order valence-corrected chi connectivity index (χ3v) is 2.89. The maximum Gasteiger partial charge on any atom is 0.0702 e. The standard InChI is InChI=1S/C14H15N/c1-10-8-13(9-11(2)12(10)3)14-6-4-5-7-15-14/h4-9H,1-3H3. The maximum atomic E-state index is 4.36. The molecule has 2 aromatic rings. The van der Waals surface area contributed by atoms with E-state index < -0.39 is 0 Å². The van der Waals surface area contributed by atoms with Gasteiger partial charge in [-0.2, -0.15) is 0 Å². The van der Waals surface area contributed by atoms with E-state index in [1.807, 2.05) is 24.4 Å². The Hall–Kier alpha value is -1.63. The van der Waals surface area contributed by atoms with E-state index in [1.54, 1.807) is 0 Å². The van der Waals surface area contributed by atoms with Gasteiger partial charge in [-0.3, -0.25) is 4.98 Å². The molecule has 76 valence electrons. The van der Waals surface area contributed by atoms with Gasteiger partial charge in [0.1, 0.15) is 0 Å². The summed E-state index contributed by atoms with van der Waals surface area (Å²) in [5, 5.41) is 0. The Balaban J connectivity index is 2.56. The molecule has 0 aliphatic heterocycles. The molecule has 0 amide bonds. The fourth-order valence-electron chi connectivity index (χ4n) is 1.72. The van der Waals surface area contributed by atoms with Gasteiger partial charge in [0.05, 0.1) is 5.69 Å². The number of aryl methyl sites for hydroxylation is 2. The molecule has 0 unspecified atom stereocenters. The van der Waals surface area contributed by atoms with Crippen molar-refractivity contribution in [2.24, 2.45) is 0 Å². The summed E-state index contributed by atoms with van der Waals surface area (Å²) < 4.78 is 0. The van der Waals surface area contributed by atoms with Crippen molar-refractivity contribution >= 4 is 0 Å². The van der Waals surface area contributed by atoms with E-state index in [4.69, 9.17) is 0 Å². The fraction of sp³-hybridized carbons (Fsp3) is 0.214. The van der Waals surface area contributed by atoms with Gasteiger partial charge in [-0.1, -0.05) is 6.07 Å². The Morgan fingerprint density at radius 1 is 0.933 bits per heavy atom. The molecule has 0 bridgehead atoms. The normalized spacial score (nSPS) is 10.3. The fourth-order valence-corrected chi connectivity index (χ4v) is 1.72. The third-order valence-electron chi connectivity index (χ3n) is 2.89. The summed E-state index contributed by atoms with van der Waals surface area (Å²) in [6.45, 7) is 6.45. The lowest BCUT2D eigenvalue weighted by molar-refractivity contribution is 1.25. The average Bonchev–Trinajstić information content (AvgIpc) is 2.26. The van der Waals surface area contributed by atoms with E-state index in [9.17, 15) is 0 Å². The highest BCUT2D eigenvalue weighted by Crippen LogP contribution is 2.22. The highest BCUT2D eigenvalue weighted by molar-refractivity contribution is 5.62. The topological polar surface area (TPSA) is 12.9 Å². The van der Waals surface area contributed by atoms with E-state index in [0.29, 0.717) is 0 Å². The quantitative estimate of drug-likeness (QED) is 0.679. The van der Waals surface area contributed by atoms with Crippen LogP contribution in [0.2, 0.25) is 0 Å². The summed E-state index contributed by atoms with van der Waals surface area (Å²) in [6.07, 6.45) is 1.83. The predicted octanol–water partition coefficient (Wildman–Crippen LogP) is 3.67. The van der Waals surface area contributed by atoms with Crippen LogP contribution in [0.5, 0.6) is 0 Å². The Bertz CT molecular complexity index is 449. The molecule has 0 aliphatic rings. The van der Waals surface area contributed by atoms with Crippen molar-refractivity contribution in [1.29, 1.82) is 0 Å². The molecular weight excluding hydrogens is 182 g/mol. The molecule has 1 heteroatoms. The molecule has 0 fully saturated rings. The molecule has 2 rings (SSSR count). The monoisotopic (exact) mass is 197 g/mol. The number of pyridine rings is 1. The van der Waals surface area contributed by atoms with Gasteiger partial charge in [0.25, 0.3) is 0 Å². The number of hydrogen-bond donors (Lipinski definition) is 0. The van der Waals surface area contributed by atoms with Crippen LogP contribution < -0.4 is 0 Å². The summed E-state index contributed by atoms with van der Waals surface area (Å²) in [5.41, 5.74) is 6.28. The van der Waals surface area contributed by atoms with Crippen molar-refractivity contribution in [1.82, 2.24) is 4.98 Å². The molecule has 0 radical (unpaired) electrons. The lowest BCUT2D eigenvalue weighted by Crippen LogP contribution is -1.89. The Morgan fingerprint density at radius 2 is 1.60 bits per heavy atom. The zero-order valence-electron chi connectivity index (χ0n) is 9.41. The molecule has 1 aromatic carbocycles. The first-order valence-electron chi connectivity index (χ1n) is 5.18. The molecule has 0 saturated carbocycles. The van der Waals surface area contributed by atoms with Gasteiger partial charge >= 0.3 is 0 Å². The second kappa shape index (κ2) is 3.85. The van der Waals surface area contributed by atoms with E-state index in [2.05, 4.69) is 37.9 Å². The highest BCUT2D eigenvalue weighted by atomic mass is 14.7. The largest absolute Gasteiger partial charge is 0.256 e. The van der Waals surface area contributed by atoms with Crippen molar-refractivity contribution in [2.75, 3.05) is 0 Å². The Morgan fingerprint density at radius 3 is 2.13 bits per heavy atom. The van der Waals surface area contributed by atoms with Crippen LogP contribution in [0.15, 0.2) is 36.5 Å². The maximum absolute atomic E-state index is 4.36. The van der Waals surface area contributed by atoms with E-state index >= 15 is 0 Å². The molecule has 0 aliphatic carbocycles. The van der Waals surface area contributed by atoms with Gasteiger partial charge in [0.2, 0.25) is 0 Å². The molecular formula is C14H15N. The lowest BCUT2D eigenvalue weighted by Gasteiger charge is -2.08. The van der Waals surface area contributed by atoms with Crippen LogP contribution in [0.4, 0.5) is 0 Å².